The summed E-state index contributed by atoms with van der Waals surface area (Å²) in [7, 11) is 1.72. The van der Waals surface area contributed by atoms with Gasteiger partial charge in [0.15, 0.2) is 0 Å². The van der Waals surface area contributed by atoms with E-state index in [0.29, 0.717) is 17.8 Å². The molecule has 0 aromatic carbocycles. The summed E-state index contributed by atoms with van der Waals surface area (Å²) in [5, 5.41) is 8.60. The molecule has 1 atom stereocenters. The molecule has 0 bridgehead atoms. The van der Waals surface area contributed by atoms with Gasteiger partial charge in [0.2, 0.25) is 0 Å². The van der Waals surface area contributed by atoms with Gasteiger partial charge in [-0.25, -0.2) is 4.98 Å². The second-order valence-electron chi connectivity index (χ2n) is 3.51. The molecule has 1 heterocycles. The van der Waals surface area contributed by atoms with Crippen LogP contribution in [0.4, 0.5) is 0 Å². The van der Waals surface area contributed by atoms with Crippen LogP contribution in [0.1, 0.15) is 23.0 Å². The average Bonchev–Trinajstić information content (AvgIpc) is 2.27. The first-order valence-electron chi connectivity index (χ1n) is 4.80. The Morgan fingerprint density at radius 2 is 2.38 bits per heavy atom. The topological polar surface area (TPSA) is 57.0 Å². The van der Waals surface area contributed by atoms with E-state index >= 15 is 0 Å². The van der Waals surface area contributed by atoms with Gasteiger partial charge < -0.3 is 4.90 Å². The van der Waals surface area contributed by atoms with Crippen molar-refractivity contribution in [2.45, 2.75) is 11.8 Å². The first kappa shape index (κ1) is 12.7. The maximum atomic E-state index is 11.8. The van der Waals surface area contributed by atoms with E-state index in [1.807, 2.05) is 13.0 Å². The highest BCUT2D eigenvalue weighted by atomic mass is 79.9. The van der Waals surface area contributed by atoms with E-state index < -0.39 is 0 Å². The van der Waals surface area contributed by atoms with Crippen molar-refractivity contribution in [3.8, 4) is 6.07 Å². The zero-order chi connectivity index (χ0) is 12.1. The Morgan fingerprint density at radius 1 is 1.69 bits per heavy atom. The summed E-state index contributed by atoms with van der Waals surface area (Å²) in [5.41, 5.74) is 0.808. The number of rotatable bonds is 3. The van der Waals surface area contributed by atoms with E-state index in [2.05, 4.69) is 20.9 Å². The zero-order valence-corrected chi connectivity index (χ0v) is 10.7. The highest BCUT2D eigenvalue weighted by molar-refractivity contribution is 9.09. The fourth-order valence-corrected chi connectivity index (χ4v) is 1.68. The van der Waals surface area contributed by atoms with Crippen LogP contribution < -0.4 is 0 Å². The lowest BCUT2D eigenvalue weighted by atomic mass is 10.2. The molecule has 0 fully saturated rings. The van der Waals surface area contributed by atoms with E-state index in [0.717, 1.165) is 0 Å². The molecule has 1 aromatic rings. The van der Waals surface area contributed by atoms with Crippen molar-refractivity contribution >= 4 is 21.8 Å². The second kappa shape index (κ2) is 5.61. The van der Waals surface area contributed by atoms with Gasteiger partial charge in [-0.1, -0.05) is 22.9 Å². The van der Waals surface area contributed by atoms with E-state index in [1.54, 1.807) is 24.1 Å². The lowest BCUT2D eigenvalue weighted by Crippen LogP contribution is -2.31. The van der Waals surface area contributed by atoms with E-state index in [9.17, 15) is 4.79 Å². The van der Waals surface area contributed by atoms with Crippen molar-refractivity contribution in [3.63, 3.8) is 0 Å². The molecule has 0 aliphatic carbocycles. The number of carbonyl (C=O) groups is 1. The van der Waals surface area contributed by atoms with Crippen LogP contribution in [0.15, 0.2) is 18.3 Å². The van der Waals surface area contributed by atoms with Gasteiger partial charge in [0.25, 0.3) is 5.91 Å². The minimum atomic E-state index is -0.143. The number of hydrogen-bond donors (Lipinski definition) is 0. The first-order valence-corrected chi connectivity index (χ1v) is 5.72. The van der Waals surface area contributed by atoms with Crippen LogP contribution >= 0.6 is 15.9 Å². The number of hydrogen-bond acceptors (Lipinski definition) is 3. The largest absolute Gasteiger partial charge is 0.339 e. The summed E-state index contributed by atoms with van der Waals surface area (Å²) in [6, 6.07) is 5.11. The van der Waals surface area contributed by atoms with Gasteiger partial charge in [0, 0.05) is 24.6 Å². The van der Waals surface area contributed by atoms with Gasteiger partial charge in [0.1, 0.15) is 11.8 Å². The van der Waals surface area contributed by atoms with Crippen molar-refractivity contribution in [2.75, 3.05) is 13.6 Å². The highest BCUT2D eigenvalue weighted by Gasteiger charge is 2.14. The predicted octanol–water partition coefficient (Wildman–Crippen LogP) is 1.81. The predicted molar refractivity (Wildman–Crippen MR) is 64.3 cm³/mol. The van der Waals surface area contributed by atoms with Crippen molar-refractivity contribution in [3.05, 3.63) is 29.6 Å². The molecular weight excluding hydrogens is 270 g/mol. The minimum absolute atomic E-state index is 0.143. The van der Waals surface area contributed by atoms with E-state index in [1.165, 1.54) is 6.20 Å². The smallest absolute Gasteiger partial charge is 0.272 e. The maximum absolute atomic E-state index is 11.8. The quantitative estimate of drug-likeness (QED) is 0.794. The lowest BCUT2D eigenvalue weighted by Gasteiger charge is -2.17. The molecule has 0 saturated carbocycles. The first-order chi connectivity index (χ1) is 7.54. The minimum Gasteiger partial charge on any atom is -0.339 e. The Labute approximate surface area is 103 Å². The van der Waals surface area contributed by atoms with Crippen LogP contribution in [0.5, 0.6) is 0 Å². The zero-order valence-electron chi connectivity index (χ0n) is 9.14. The summed E-state index contributed by atoms with van der Waals surface area (Å²) < 4.78 is 0. The molecule has 1 amide bonds. The van der Waals surface area contributed by atoms with Crippen LogP contribution in [-0.2, 0) is 0 Å². The number of aromatic nitrogens is 1. The normalized spacial score (nSPS) is 11.6. The molecule has 1 unspecified atom stereocenters. The number of carbonyl (C=O) groups excluding carboxylic acids is 1. The van der Waals surface area contributed by atoms with Gasteiger partial charge in [-0.3, -0.25) is 4.79 Å². The third-order valence-corrected chi connectivity index (χ3v) is 2.27. The van der Waals surface area contributed by atoms with Crippen LogP contribution in [0.3, 0.4) is 0 Å². The summed E-state index contributed by atoms with van der Waals surface area (Å²) in [6.07, 6.45) is 1.40. The van der Waals surface area contributed by atoms with Crippen molar-refractivity contribution < 1.29 is 4.79 Å². The Balaban J connectivity index is 2.77. The molecule has 1 aromatic heterocycles. The SMILES string of the molecule is CC(Br)CN(C)C(=O)c1ccc(C#N)cn1. The third-order valence-electron chi connectivity index (χ3n) is 1.98. The Morgan fingerprint density at radius 3 is 2.81 bits per heavy atom. The summed E-state index contributed by atoms with van der Waals surface area (Å²) >= 11 is 3.38. The third kappa shape index (κ3) is 3.31. The van der Waals surface area contributed by atoms with E-state index in [-0.39, 0.29) is 10.7 Å². The summed E-state index contributed by atoms with van der Waals surface area (Å²) in [5.74, 6) is -0.143. The van der Waals surface area contributed by atoms with Gasteiger partial charge in [-0.05, 0) is 12.1 Å². The number of nitrogens with zero attached hydrogens (tertiary/aromatic N) is 3. The summed E-state index contributed by atoms with van der Waals surface area (Å²) in [6.45, 7) is 2.58. The Kier molecular flexibility index (Phi) is 4.44. The van der Waals surface area contributed by atoms with Gasteiger partial charge in [-0.2, -0.15) is 5.26 Å². The molecule has 5 heteroatoms. The number of nitriles is 1. The van der Waals surface area contributed by atoms with Crippen molar-refractivity contribution in [1.82, 2.24) is 9.88 Å². The highest BCUT2D eigenvalue weighted by Crippen LogP contribution is 2.05. The molecule has 0 aliphatic heterocycles. The Hall–Kier alpha value is -1.41. The van der Waals surface area contributed by atoms with E-state index in [4.69, 9.17) is 5.26 Å². The molecule has 0 aliphatic rings. The van der Waals surface area contributed by atoms with Crippen molar-refractivity contribution in [1.29, 1.82) is 5.26 Å². The standard InChI is InChI=1S/C11H12BrN3O/c1-8(12)7-15(2)11(16)10-4-3-9(5-13)6-14-10/h3-4,6,8H,7H2,1-2H3. The Bertz CT molecular complexity index is 408. The molecule has 0 spiro atoms. The van der Waals surface area contributed by atoms with Crippen LogP contribution in [0, 0.1) is 11.3 Å². The summed E-state index contributed by atoms with van der Waals surface area (Å²) in [4.78, 5) is 17.6. The fourth-order valence-electron chi connectivity index (χ4n) is 1.24. The molecule has 0 saturated heterocycles. The van der Waals surface area contributed by atoms with Gasteiger partial charge in [0.05, 0.1) is 5.56 Å². The number of halogens is 1. The fraction of sp³-hybridized carbons (Fsp3) is 0.364. The molecule has 0 radical (unpaired) electrons. The van der Waals surface area contributed by atoms with Gasteiger partial charge in [-0.15, -0.1) is 0 Å². The van der Waals surface area contributed by atoms with Crippen LogP contribution in [0.25, 0.3) is 0 Å². The van der Waals surface area contributed by atoms with Crippen LogP contribution in [0.2, 0.25) is 0 Å². The van der Waals surface area contributed by atoms with Crippen molar-refractivity contribution in [2.24, 2.45) is 0 Å². The maximum Gasteiger partial charge on any atom is 0.272 e. The molecule has 1 rings (SSSR count). The molecular formula is C11H12BrN3O. The monoisotopic (exact) mass is 281 g/mol. The van der Waals surface area contributed by atoms with Gasteiger partial charge >= 0.3 is 0 Å². The second-order valence-corrected chi connectivity index (χ2v) is 5.07. The average molecular weight is 282 g/mol. The molecule has 16 heavy (non-hydrogen) atoms. The lowest BCUT2D eigenvalue weighted by molar-refractivity contribution is 0.0791. The number of pyridine rings is 1. The number of amides is 1. The number of alkyl halides is 1. The molecule has 4 nitrogen and oxygen atoms in total. The van der Waals surface area contributed by atoms with Crippen LogP contribution in [-0.4, -0.2) is 34.2 Å². The molecule has 0 N–H and O–H groups in total. The molecule has 84 valence electrons.